The summed E-state index contributed by atoms with van der Waals surface area (Å²) in [4.78, 5) is 5.18. The van der Waals surface area contributed by atoms with E-state index in [2.05, 4.69) is 312 Å². The van der Waals surface area contributed by atoms with Crippen molar-refractivity contribution in [2.75, 3.05) is 9.80 Å². The minimum Gasteiger partial charge on any atom is -0.311 e. The molecule has 0 unspecified atom stereocenters. The first-order chi connectivity index (χ1) is 41.6. The molecule has 86 heavy (non-hydrogen) atoms. The molecule has 0 radical (unpaired) electrons. The van der Waals surface area contributed by atoms with Gasteiger partial charge in [0.25, 0.3) is 6.71 Å². The normalized spacial score (nSPS) is 16.5. The minimum absolute atomic E-state index is 0.109. The molecule has 4 heteroatoms. The number of hydrogen-bond donors (Lipinski definition) is 0. The van der Waals surface area contributed by atoms with Crippen LogP contribution in [-0.4, -0.2) is 11.3 Å². The Balaban J connectivity index is 0.952. The van der Waals surface area contributed by atoms with E-state index in [4.69, 9.17) is 0 Å². The van der Waals surface area contributed by atoms with Gasteiger partial charge in [0.05, 0.1) is 16.7 Å². The van der Waals surface area contributed by atoms with Crippen LogP contribution in [-0.2, 0) is 21.7 Å². The molecule has 0 amide bonds. The highest BCUT2D eigenvalue weighted by molar-refractivity contribution is 7.00. The summed E-state index contributed by atoms with van der Waals surface area (Å²) in [6.07, 6.45) is 4.76. The molecule has 2 aliphatic carbocycles. The van der Waals surface area contributed by atoms with Crippen molar-refractivity contribution in [2.45, 2.75) is 103 Å². The second kappa shape index (κ2) is 19.2. The highest BCUT2D eigenvalue weighted by atomic mass is 15.2. The van der Waals surface area contributed by atoms with Crippen molar-refractivity contribution in [3.63, 3.8) is 0 Å². The van der Waals surface area contributed by atoms with E-state index < -0.39 is 0 Å². The van der Waals surface area contributed by atoms with Crippen molar-refractivity contribution in [2.24, 2.45) is 0 Å². The highest BCUT2D eigenvalue weighted by Crippen LogP contribution is 2.51. The smallest absolute Gasteiger partial charge is 0.252 e. The van der Waals surface area contributed by atoms with Gasteiger partial charge in [-0.1, -0.05) is 237 Å². The molecule has 0 atom stereocenters. The summed E-state index contributed by atoms with van der Waals surface area (Å²) in [6.45, 7) is 19.3. The van der Waals surface area contributed by atoms with Crippen LogP contribution in [0.2, 0.25) is 0 Å². The maximum Gasteiger partial charge on any atom is 0.252 e. The van der Waals surface area contributed by atoms with Crippen molar-refractivity contribution in [1.29, 1.82) is 0 Å². The SMILES string of the molecule is CC1(C)CCC(C)(C)c2cc(-c3ccc(N4c5ccc(-c6ccccc6)cc5B5c6cc(-c7ccccc7)ccc6N(c6ccc(-c7ccc8c(c7)C(C)(C)CCC8(C)C)cc6)c6cc(-n7c8ccccc8c8ccccc87)cc4c65)cc3)ccc21. The van der Waals surface area contributed by atoms with Crippen LogP contribution in [0.3, 0.4) is 0 Å². The molecule has 0 saturated carbocycles. The van der Waals surface area contributed by atoms with Gasteiger partial charge >= 0.3 is 0 Å². The van der Waals surface area contributed by atoms with E-state index in [-0.39, 0.29) is 28.4 Å². The molecule has 0 saturated heterocycles. The number of para-hydroxylation sites is 2. The summed E-state index contributed by atoms with van der Waals surface area (Å²) in [6, 6.07) is 92.8. The molecular weight excluding hydrogens is 1040 g/mol. The minimum atomic E-state index is -0.109. The molecule has 0 bridgehead atoms. The third-order valence-electron chi connectivity index (χ3n) is 20.7. The predicted octanol–water partition coefficient (Wildman–Crippen LogP) is 20.2. The summed E-state index contributed by atoms with van der Waals surface area (Å²) < 4.78 is 2.51. The van der Waals surface area contributed by atoms with Crippen LogP contribution in [0.1, 0.15) is 103 Å². The second-order valence-corrected chi connectivity index (χ2v) is 27.8. The van der Waals surface area contributed by atoms with Gasteiger partial charge < -0.3 is 14.4 Å². The Morgan fingerprint density at radius 2 is 0.616 bits per heavy atom. The molecule has 0 N–H and O–H groups in total. The zero-order chi connectivity index (χ0) is 58.4. The molecule has 16 rings (SSSR count). The van der Waals surface area contributed by atoms with Crippen LogP contribution in [0.25, 0.3) is 72.0 Å². The fraction of sp³-hybridized carbons (Fsp3) is 0.195. The number of benzene rings is 11. The van der Waals surface area contributed by atoms with Gasteiger partial charge in [-0.05, 0) is 191 Å². The Kier molecular flexibility index (Phi) is 11.7. The number of rotatable bonds is 7. The summed E-state index contributed by atoms with van der Waals surface area (Å²) in [5.74, 6) is 0. The molecule has 3 heterocycles. The Hall–Kier alpha value is -9.12. The number of aromatic nitrogens is 1. The first-order valence-corrected chi connectivity index (χ1v) is 31.3. The fourth-order valence-corrected chi connectivity index (χ4v) is 15.6. The second-order valence-electron chi connectivity index (χ2n) is 27.8. The lowest BCUT2D eigenvalue weighted by molar-refractivity contribution is 0.332. The molecule has 2 aliphatic heterocycles. The Morgan fingerprint density at radius 3 is 1.03 bits per heavy atom. The van der Waals surface area contributed by atoms with E-state index in [9.17, 15) is 0 Å². The van der Waals surface area contributed by atoms with E-state index in [0.29, 0.717) is 0 Å². The monoisotopic (exact) mass is 1110 g/mol. The van der Waals surface area contributed by atoms with Crippen LogP contribution in [0.5, 0.6) is 0 Å². The summed E-state index contributed by atoms with van der Waals surface area (Å²) >= 11 is 0. The maximum atomic E-state index is 2.59. The van der Waals surface area contributed by atoms with Gasteiger partial charge in [0, 0.05) is 44.9 Å². The van der Waals surface area contributed by atoms with E-state index in [0.717, 1.165) is 17.1 Å². The molecule has 0 spiro atoms. The Morgan fingerprint density at radius 1 is 0.279 bits per heavy atom. The van der Waals surface area contributed by atoms with Crippen LogP contribution in [0, 0.1) is 0 Å². The molecule has 1 aromatic heterocycles. The molecule has 418 valence electrons. The van der Waals surface area contributed by atoms with Gasteiger partial charge in [-0.25, -0.2) is 0 Å². The average Bonchev–Trinajstić information content (AvgIpc) is 0.815. The fourth-order valence-electron chi connectivity index (χ4n) is 15.6. The van der Waals surface area contributed by atoms with Gasteiger partial charge in [0.1, 0.15) is 0 Å². The van der Waals surface area contributed by atoms with Crippen molar-refractivity contribution in [3.8, 4) is 50.2 Å². The van der Waals surface area contributed by atoms with E-state index in [1.54, 1.807) is 0 Å². The van der Waals surface area contributed by atoms with Crippen molar-refractivity contribution in [1.82, 2.24) is 4.57 Å². The maximum absolute atomic E-state index is 2.59. The molecule has 3 nitrogen and oxygen atoms in total. The highest BCUT2D eigenvalue weighted by Gasteiger charge is 2.45. The quantitative estimate of drug-likeness (QED) is 0.147. The number of nitrogens with zero attached hydrogens (tertiary/aromatic N) is 3. The number of anilines is 6. The Labute approximate surface area is 508 Å². The topological polar surface area (TPSA) is 11.4 Å². The van der Waals surface area contributed by atoms with E-state index in [1.807, 2.05) is 0 Å². The zero-order valence-electron chi connectivity index (χ0n) is 50.8. The van der Waals surface area contributed by atoms with Crippen LogP contribution in [0.4, 0.5) is 34.1 Å². The summed E-state index contributed by atoms with van der Waals surface area (Å²) in [7, 11) is 0. The first kappa shape index (κ1) is 52.4. The van der Waals surface area contributed by atoms with Gasteiger partial charge in [-0.2, -0.15) is 0 Å². The molecule has 0 fully saturated rings. The third kappa shape index (κ3) is 8.23. The molecule has 4 aliphatic rings. The van der Waals surface area contributed by atoms with Crippen molar-refractivity contribution < 1.29 is 0 Å². The van der Waals surface area contributed by atoms with Crippen LogP contribution in [0.15, 0.2) is 243 Å². The predicted molar refractivity (Wildman–Crippen MR) is 367 cm³/mol. The average molecular weight is 1110 g/mol. The molecule has 12 aromatic rings. The lowest BCUT2D eigenvalue weighted by Gasteiger charge is -2.44. The summed E-state index contributed by atoms with van der Waals surface area (Å²) in [5.41, 5.74) is 30.6. The van der Waals surface area contributed by atoms with E-state index >= 15 is 0 Å². The van der Waals surface area contributed by atoms with E-state index in [1.165, 1.54) is 153 Å². The molecule has 11 aromatic carbocycles. The lowest BCUT2D eigenvalue weighted by atomic mass is 9.33. The standard InChI is InChI=1S/C82H72BN3/c1-79(2)43-45-81(5,6)68-47-57(31-39-66(68)79)55-27-35-61(36-28-55)84-74-41-33-59(53-19-11-9-12-20-53)49-70(74)83-71-50-60(54-21-13-10-14-22-54)34-42-75(71)85(62-37-29-56(30-38-62)58-32-40-67-69(48-58)82(7,8)46-44-80(67,3)4)77-52-63(51-76(84)78(77)83)86-72-25-17-15-23-64(72)65-24-16-18-26-73(65)86/h9-42,47-52H,43-46H2,1-8H3. The van der Waals surface area contributed by atoms with Gasteiger partial charge in [0.2, 0.25) is 0 Å². The third-order valence-corrected chi connectivity index (χ3v) is 20.7. The zero-order valence-corrected chi connectivity index (χ0v) is 50.8. The summed E-state index contributed by atoms with van der Waals surface area (Å²) in [5, 5.41) is 2.49. The number of hydrogen-bond acceptors (Lipinski definition) is 2. The van der Waals surface area contributed by atoms with Gasteiger partial charge in [-0.15, -0.1) is 0 Å². The van der Waals surface area contributed by atoms with Crippen molar-refractivity contribution >= 4 is 79.0 Å². The van der Waals surface area contributed by atoms with Gasteiger partial charge in [0.15, 0.2) is 0 Å². The largest absolute Gasteiger partial charge is 0.311 e. The van der Waals surface area contributed by atoms with Crippen LogP contribution >= 0.6 is 0 Å². The van der Waals surface area contributed by atoms with Gasteiger partial charge in [-0.3, -0.25) is 0 Å². The molecular formula is C82H72BN3. The lowest BCUT2D eigenvalue weighted by Crippen LogP contribution is -2.61. The first-order valence-electron chi connectivity index (χ1n) is 31.3. The number of fused-ring (bicyclic) bond motifs is 9. The Bertz CT molecular complexity index is 4400. The van der Waals surface area contributed by atoms with Crippen molar-refractivity contribution in [3.05, 3.63) is 265 Å². The van der Waals surface area contributed by atoms with Crippen LogP contribution < -0.4 is 26.2 Å².